The standard InChI is InChI=1S/C33H42Cl2N6O4/c1-24(44)36-21-25-4-6-39(7-5-25)23-26-16-31(27-18-28(34)20-29(35)19-27)38-33(17-26)45-30-2-3-32(37-22-30)40-8-10-41(11-9-40,12-14-42)13-15-43/h2-3,12,16-20,22,25,42-43H,4-11,13-15,21,23H2,1H3,(H,36,44). The maximum Gasteiger partial charge on any atom is 0.220 e. The Labute approximate surface area is 275 Å². The minimum Gasteiger partial charge on any atom is -0.448 e. The van der Waals surface area contributed by atoms with Crippen LogP contribution in [0.15, 0.2) is 48.7 Å². The lowest BCUT2D eigenvalue weighted by atomic mass is 9.96. The molecule has 1 amide bonds. The molecular weight excluding hydrogens is 615 g/mol. The van der Waals surface area contributed by atoms with E-state index in [-0.39, 0.29) is 19.1 Å². The molecule has 0 spiro atoms. The SMILES string of the molecule is CC(=O)NCC1CCN(Cc2cc(Oc3ccc(N4CC[N+]([CH-]CO)(CCO)CC4)nc3)nc(-c3cc(Cl)cc(Cl)c3)c2)CC1. The molecule has 0 saturated carbocycles. The van der Waals surface area contributed by atoms with Gasteiger partial charge in [-0.2, -0.15) is 0 Å². The van der Waals surface area contributed by atoms with E-state index in [0.717, 1.165) is 87.8 Å². The fourth-order valence-electron chi connectivity index (χ4n) is 6.15. The van der Waals surface area contributed by atoms with Gasteiger partial charge in [0.25, 0.3) is 0 Å². The number of amides is 1. The van der Waals surface area contributed by atoms with Crippen LogP contribution in [0.4, 0.5) is 5.82 Å². The largest absolute Gasteiger partial charge is 0.448 e. The van der Waals surface area contributed by atoms with Crippen LogP contribution in [-0.4, -0.2) is 101 Å². The molecule has 0 radical (unpaired) electrons. The number of halogens is 2. The second kappa shape index (κ2) is 15.5. The molecule has 2 aliphatic rings. The number of hydrogen-bond acceptors (Lipinski definition) is 8. The quantitative estimate of drug-likeness (QED) is 0.195. The van der Waals surface area contributed by atoms with Crippen molar-refractivity contribution < 1.29 is 24.2 Å². The first-order valence-corrected chi connectivity index (χ1v) is 16.2. The fraction of sp³-hybridized carbons (Fsp3) is 0.455. The molecule has 12 heteroatoms. The monoisotopic (exact) mass is 656 g/mol. The maximum atomic E-state index is 11.3. The van der Waals surface area contributed by atoms with E-state index in [4.69, 9.17) is 32.9 Å². The summed E-state index contributed by atoms with van der Waals surface area (Å²) >= 11 is 12.7. The molecule has 3 N–H and O–H groups in total. The molecule has 2 aliphatic heterocycles. The molecule has 4 heterocycles. The van der Waals surface area contributed by atoms with Gasteiger partial charge in [-0.25, -0.2) is 9.97 Å². The van der Waals surface area contributed by atoms with Gasteiger partial charge in [-0.05, 0) is 80.4 Å². The summed E-state index contributed by atoms with van der Waals surface area (Å²) in [7, 11) is 0. The minimum atomic E-state index is -0.00990. The van der Waals surface area contributed by atoms with Crippen molar-refractivity contribution in [3.8, 4) is 22.9 Å². The number of pyridine rings is 2. The van der Waals surface area contributed by atoms with E-state index in [0.29, 0.717) is 38.6 Å². The highest BCUT2D eigenvalue weighted by atomic mass is 35.5. The Balaban J connectivity index is 1.29. The second-order valence-corrected chi connectivity index (χ2v) is 12.8. The van der Waals surface area contributed by atoms with Crippen LogP contribution in [-0.2, 0) is 11.3 Å². The zero-order valence-corrected chi connectivity index (χ0v) is 27.2. The van der Waals surface area contributed by atoms with Crippen LogP contribution in [0, 0.1) is 12.5 Å². The average Bonchev–Trinajstić information content (AvgIpc) is 3.01. The molecule has 0 bridgehead atoms. The molecule has 0 aliphatic carbocycles. The van der Waals surface area contributed by atoms with E-state index in [1.165, 1.54) is 0 Å². The van der Waals surface area contributed by atoms with Gasteiger partial charge in [0, 0.05) is 41.7 Å². The topological polar surface area (TPSA) is 111 Å². The smallest absolute Gasteiger partial charge is 0.220 e. The van der Waals surface area contributed by atoms with Crippen LogP contribution < -0.4 is 15.0 Å². The normalized spacial score (nSPS) is 17.3. The number of nitrogens with one attached hydrogen (secondary N) is 1. The number of benzene rings is 1. The zero-order chi connectivity index (χ0) is 31.8. The summed E-state index contributed by atoms with van der Waals surface area (Å²) in [6.45, 7) is 10.6. The Kier molecular flexibility index (Phi) is 11.5. The van der Waals surface area contributed by atoms with Gasteiger partial charge in [-0.15, -0.1) is 6.54 Å². The van der Waals surface area contributed by atoms with Gasteiger partial charge in [0.05, 0.1) is 51.2 Å². The van der Waals surface area contributed by atoms with Crippen LogP contribution in [0.3, 0.4) is 0 Å². The Morgan fingerprint density at radius 2 is 1.80 bits per heavy atom. The predicted molar refractivity (Wildman–Crippen MR) is 176 cm³/mol. The first-order valence-electron chi connectivity index (χ1n) is 15.5. The van der Waals surface area contributed by atoms with Crippen LogP contribution in [0.5, 0.6) is 11.6 Å². The number of aliphatic hydroxyl groups excluding tert-OH is 2. The number of aliphatic hydroxyl groups is 2. The number of ether oxygens (including phenoxy) is 1. The van der Waals surface area contributed by atoms with E-state index >= 15 is 0 Å². The number of carbonyl (C=O) groups is 1. The van der Waals surface area contributed by atoms with Crippen LogP contribution in [0.1, 0.15) is 25.3 Å². The molecule has 242 valence electrons. The number of quaternary nitrogens is 1. The summed E-state index contributed by atoms with van der Waals surface area (Å²) in [5.41, 5.74) is 2.59. The number of nitrogens with zero attached hydrogens (tertiary/aromatic N) is 5. The zero-order valence-electron chi connectivity index (χ0n) is 25.7. The number of carbonyl (C=O) groups excluding carboxylic acids is 1. The summed E-state index contributed by atoms with van der Waals surface area (Å²) in [5, 5.41) is 23.0. The van der Waals surface area contributed by atoms with Crippen molar-refractivity contribution >= 4 is 34.9 Å². The Hall–Kier alpha value is -2.99. The van der Waals surface area contributed by atoms with Crippen LogP contribution in [0.2, 0.25) is 10.0 Å². The van der Waals surface area contributed by atoms with Gasteiger partial charge in [0.1, 0.15) is 11.6 Å². The molecule has 0 unspecified atom stereocenters. The maximum absolute atomic E-state index is 11.3. The van der Waals surface area contributed by atoms with Gasteiger partial charge < -0.3 is 29.6 Å². The van der Waals surface area contributed by atoms with Gasteiger partial charge in [0.15, 0.2) is 0 Å². The van der Waals surface area contributed by atoms with Gasteiger partial charge in [-0.1, -0.05) is 23.2 Å². The van der Waals surface area contributed by atoms with Gasteiger partial charge in [-0.3, -0.25) is 9.69 Å². The molecule has 3 aromatic rings. The highest BCUT2D eigenvalue weighted by Crippen LogP contribution is 2.31. The van der Waals surface area contributed by atoms with E-state index in [1.807, 2.05) is 36.9 Å². The summed E-state index contributed by atoms with van der Waals surface area (Å²) in [4.78, 5) is 25.4. The van der Waals surface area contributed by atoms with Crippen LogP contribution in [0.25, 0.3) is 11.3 Å². The van der Waals surface area contributed by atoms with E-state index in [1.54, 1.807) is 19.2 Å². The average molecular weight is 658 g/mol. The molecule has 0 atom stereocenters. The lowest BCUT2D eigenvalue weighted by Gasteiger charge is -2.51. The molecular formula is C33H42Cl2N6O4. The summed E-state index contributed by atoms with van der Waals surface area (Å²) in [6, 6.07) is 13.3. The number of piperazine rings is 1. The molecule has 2 saturated heterocycles. The number of piperidine rings is 1. The minimum absolute atomic E-state index is 0.00990. The number of rotatable bonds is 12. The third-order valence-corrected chi connectivity index (χ3v) is 9.12. The summed E-state index contributed by atoms with van der Waals surface area (Å²) < 4.78 is 6.86. The molecule has 45 heavy (non-hydrogen) atoms. The van der Waals surface area contributed by atoms with Gasteiger partial charge >= 0.3 is 0 Å². The Morgan fingerprint density at radius 1 is 1.07 bits per heavy atom. The third kappa shape index (κ3) is 9.28. The van der Waals surface area contributed by atoms with Crippen molar-refractivity contribution in [3.05, 3.63) is 70.8 Å². The van der Waals surface area contributed by atoms with Crippen molar-refractivity contribution in [1.29, 1.82) is 0 Å². The highest BCUT2D eigenvalue weighted by molar-refractivity contribution is 6.35. The summed E-state index contributed by atoms with van der Waals surface area (Å²) in [5.74, 6) is 2.40. The van der Waals surface area contributed by atoms with Crippen molar-refractivity contribution in [2.45, 2.75) is 26.3 Å². The molecule has 2 aromatic heterocycles. The van der Waals surface area contributed by atoms with Gasteiger partial charge in [0.2, 0.25) is 11.8 Å². The lowest BCUT2D eigenvalue weighted by Crippen LogP contribution is -2.59. The van der Waals surface area contributed by atoms with Crippen molar-refractivity contribution in [2.75, 3.05) is 70.5 Å². The van der Waals surface area contributed by atoms with E-state index in [2.05, 4.69) is 26.2 Å². The van der Waals surface area contributed by atoms with E-state index < -0.39 is 0 Å². The number of likely N-dealkylation sites (tertiary alicyclic amines) is 1. The Bertz CT molecular complexity index is 1400. The van der Waals surface area contributed by atoms with Crippen LogP contribution >= 0.6 is 23.2 Å². The Morgan fingerprint density at radius 3 is 2.42 bits per heavy atom. The predicted octanol–water partition coefficient (Wildman–Crippen LogP) is 4.37. The highest BCUT2D eigenvalue weighted by Gasteiger charge is 2.27. The molecule has 10 nitrogen and oxygen atoms in total. The molecule has 5 rings (SSSR count). The van der Waals surface area contributed by atoms with Crippen molar-refractivity contribution in [2.24, 2.45) is 5.92 Å². The van der Waals surface area contributed by atoms with E-state index in [9.17, 15) is 15.0 Å². The number of aromatic nitrogens is 2. The number of hydrogen-bond donors (Lipinski definition) is 3. The fourth-order valence-corrected chi connectivity index (χ4v) is 6.68. The molecule has 1 aromatic carbocycles. The first kappa shape index (κ1) is 33.4. The molecule has 2 fully saturated rings. The third-order valence-electron chi connectivity index (χ3n) is 8.68. The first-order chi connectivity index (χ1) is 21.7. The second-order valence-electron chi connectivity index (χ2n) is 11.9. The van der Waals surface area contributed by atoms with Crippen molar-refractivity contribution in [1.82, 2.24) is 20.2 Å². The lowest BCUT2D eigenvalue weighted by molar-refractivity contribution is -0.901. The van der Waals surface area contributed by atoms with Crippen molar-refractivity contribution in [3.63, 3.8) is 0 Å². The summed E-state index contributed by atoms with van der Waals surface area (Å²) in [6.07, 6.45) is 3.77. The number of anilines is 1.